The van der Waals surface area contributed by atoms with Crippen LogP contribution in [-0.4, -0.2) is 19.5 Å². The van der Waals surface area contributed by atoms with E-state index in [1.54, 1.807) is 0 Å². The Morgan fingerprint density at radius 3 is 1.41 bits per heavy atom. The van der Waals surface area contributed by atoms with Crippen LogP contribution in [0.1, 0.15) is 0 Å². The molecule has 68 heavy (non-hydrogen) atoms. The van der Waals surface area contributed by atoms with Gasteiger partial charge in [-0.15, -0.1) is 0 Å². The van der Waals surface area contributed by atoms with Crippen LogP contribution in [0.4, 0.5) is 0 Å². The predicted octanol–water partition coefficient (Wildman–Crippen LogP) is 16.5. The lowest BCUT2D eigenvalue weighted by Gasteiger charge is -2.21. The average molecular weight is 869 g/mol. The largest absolute Gasteiger partial charge is 0.455 e. The first-order valence-corrected chi connectivity index (χ1v) is 22.9. The maximum atomic E-state index is 6.60. The third-order valence-corrected chi connectivity index (χ3v) is 13.1. The number of hydrogen-bond donors (Lipinski definition) is 0. The minimum Gasteiger partial charge on any atom is -0.455 e. The number of aromatic nitrogens is 4. The van der Waals surface area contributed by atoms with Gasteiger partial charge in [-0.1, -0.05) is 200 Å². The Morgan fingerprint density at radius 1 is 0.279 bits per heavy atom. The summed E-state index contributed by atoms with van der Waals surface area (Å²) >= 11 is 0. The van der Waals surface area contributed by atoms with E-state index in [4.69, 9.17) is 19.4 Å². The molecule has 0 aliphatic carbocycles. The molecule has 10 aromatic carbocycles. The molecule has 0 fully saturated rings. The van der Waals surface area contributed by atoms with E-state index in [2.05, 4.69) is 217 Å². The van der Waals surface area contributed by atoms with Gasteiger partial charge in [0.1, 0.15) is 11.2 Å². The molecule has 0 spiro atoms. The second-order valence-electron chi connectivity index (χ2n) is 17.1. The summed E-state index contributed by atoms with van der Waals surface area (Å²) in [5.74, 6) is 1.66. The molecule has 0 saturated heterocycles. The molecule has 0 amide bonds. The molecule has 13 aromatic rings. The first kappa shape index (κ1) is 39.2. The number of hydrogen-bond acceptors (Lipinski definition) is 4. The second kappa shape index (κ2) is 16.4. The van der Waals surface area contributed by atoms with Gasteiger partial charge in [-0.05, 0) is 75.8 Å². The maximum Gasteiger partial charge on any atom is 0.167 e. The fraction of sp³-hybridized carbons (Fsp3) is 0. The zero-order chi connectivity index (χ0) is 45.0. The van der Waals surface area contributed by atoms with Crippen LogP contribution in [-0.2, 0) is 0 Å². The van der Waals surface area contributed by atoms with E-state index in [0.717, 1.165) is 88.7 Å². The molecular formula is C63H40N4O. The van der Waals surface area contributed by atoms with Crippen LogP contribution in [0.15, 0.2) is 247 Å². The third-order valence-electron chi connectivity index (χ3n) is 13.1. The van der Waals surface area contributed by atoms with Gasteiger partial charge in [-0.3, -0.25) is 0 Å². The molecular weight excluding hydrogens is 829 g/mol. The molecule has 5 nitrogen and oxygen atoms in total. The predicted molar refractivity (Wildman–Crippen MR) is 279 cm³/mol. The average Bonchev–Trinajstić information content (AvgIpc) is 3.97. The molecule has 13 rings (SSSR count). The Balaban J connectivity index is 1.09. The van der Waals surface area contributed by atoms with Gasteiger partial charge >= 0.3 is 0 Å². The molecule has 0 atom stereocenters. The lowest BCUT2D eigenvalue weighted by Crippen LogP contribution is -2.04. The van der Waals surface area contributed by atoms with Crippen molar-refractivity contribution >= 4 is 43.7 Å². The summed E-state index contributed by atoms with van der Waals surface area (Å²) in [5, 5.41) is 4.44. The van der Waals surface area contributed by atoms with Gasteiger partial charge in [0.25, 0.3) is 0 Å². The van der Waals surface area contributed by atoms with Crippen LogP contribution in [0, 0.1) is 0 Å². The van der Waals surface area contributed by atoms with Gasteiger partial charge in [0.2, 0.25) is 0 Å². The van der Waals surface area contributed by atoms with Crippen LogP contribution in [0.2, 0.25) is 0 Å². The van der Waals surface area contributed by atoms with Crippen molar-refractivity contribution in [2.45, 2.75) is 0 Å². The molecule has 0 N–H and O–H groups in total. The normalized spacial score (nSPS) is 11.5. The molecule has 0 aliphatic heterocycles. The third kappa shape index (κ3) is 6.76. The number of rotatable bonds is 8. The minimum atomic E-state index is 0.532. The highest BCUT2D eigenvalue weighted by Crippen LogP contribution is 2.45. The molecule has 0 radical (unpaired) electrons. The van der Waals surface area contributed by atoms with Gasteiger partial charge in [-0.2, -0.15) is 0 Å². The standard InChI is InChI=1S/C63H40N4O/c1-5-18-41(19-6-1)43-32-34-46(35-33-43)61-64-62(66-63(65-61)52-29-17-28-51-50-27-14-16-31-58(50)68-60(51)52)48-39-53(44-22-9-3-10-23-44)59(54(40-48)45-24-11-4-12-25-45)67-56-30-15-13-26-49(56)55-38-47(36-37-57(55)67)42-20-7-2-8-21-42/h1-40H. The van der Waals surface area contributed by atoms with Crippen molar-refractivity contribution in [2.75, 3.05) is 0 Å². The summed E-state index contributed by atoms with van der Waals surface area (Å²) in [5.41, 5.74) is 16.3. The molecule has 0 aliphatic rings. The molecule has 0 bridgehead atoms. The van der Waals surface area contributed by atoms with Crippen molar-refractivity contribution < 1.29 is 4.42 Å². The highest BCUT2D eigenvalue weighted by Gasteiger charge is 2.24. The van der Waals surface area contributed by atoms with Crippen molar-refractivity contribution in [2.24, 2.45) is 0 Å². The fourth-order valence-electron chi connectivity index (χ4n) is 9.82. The summed E-state index contributed by atoms with van der Waals surface area (Å²) < 4.78 is 9.06. The van der Waals surface area contributed by atoms with Gasteiger partial charge < -0.3 is 8.98 Å². The summed E-state index contributed by atoms with van der Waals surface area (Å²) in [6.07, 6.45) is 0. The van der Waals surface area contributed by atoms with Crippen molar-refractivity contribution in [1.82, 2.24) is 19.5 Å². The Bertz CT molecular complexity index is 3930. The zero-order valence-electron chi connectivity index (χ0n) is 36.8. The van der Waals surface area contributed by atoms with Gasteiger partial charge in [0.05, 0.1) is 22.3 Å². The van der Waals surface area contributed by atoms with Crippen LogP contribution >= 0.6 is 0 Å². The van der Waals surface area contributed by atoms with Crippen LogP contribution in [0.3, 0.4) is 0 Å². The van der Waals surface area contributed by atoms with E-state index < -0.39 is 0 Å². The number of benzene rings is 10. The van der Waals surface area contributed by atoms with Gasteiger partial charge in [0, 0.05) is 43.8 Å². The maximum absolute atomic E-state index is 6.60. The molecule has 0 saturated carbocycles. The SMILES string of the molecule is c1ccc(-c2ccc(-c3nc(-c4cc(-c5ccccc5)c(-n5c6ccccc6c6cc(-c7ccccc7)ccc65)c(-c5ccccc5)c4)nc(-c4cccc5c4oc4ccccc45)n3)cc2)cc1. The van der Waals surface area contributed by atoms with Crippen molar-refractivity contribution in [1.29, 1.82) is 0 Å². The van der Waals surface area contributed by atoms with E-state index in [1.807, 2.05) is 30.3 Å². The molecule has 3 aromatic heterocycles. The van der Waals surface area contributed by atoms with E-state index >= 15 is 0 Å². The minimum absolute atomic E-state index is 0.532. The molecule has 3 heterocycles. The Labute approximate surface area is 392 Å². The number of para-hydroxylation sites is 3. The van der Waals surface area contributed by atoms with E-state index in [9.17, 15) is 0 Å². The summed E-state index contributed by atoms with van der Waals surface area (Å²) in [6, 6.07) is 85.4. The monoisotopic (exact) mass is 868 g/mol. The highest BCUT2D eigenvalue weighted by atomic mass is 16.3. The van der Waals surface area contributed by atoms with E-state index in [0.29, 0.717) is 17.5 Å². The Morgan fingerprint density at radius 2 is 0.750 bits per heavy atom. The number of furan rings is 1. The van der Waals surface area contributed by atoms with Gasteiger partial charge in [0.15, 0.2) is 17.5 Å². The van der Waals surface area contributed by atoms with Crippen molar-refractivity contribution in [3.8, 4) is 84.4 Å². The molecule has 318 valence electrons. The van der Waals surface area contributed by atoms with Crippen LogP contribution in [0.5, 0.6) is 0 Å². The lowest BCUT2D eigenvalue weighted by atomic mass is 9.92. The van der Waals surface area contributed by atoms with Crippen LogP contribution in [0.25, 0.3) is 128 Å². The van der Waals surface area contributed by atoms with Gasteiger partial charge in [-0.25, -0.2) is 15.0 Å². The topological polar surface area (TPSA) is 56.7 Å². The quantitative estimate of drug-likeness (QED) is 0.153. The number of nitrogens with zero attached hydrogens (tertiary/aromatic N) is 4. The van der Waals surface area contributed by atoms with E-state index in [1.165, 1.54) is 21.9 Å². The molecule has 0 unspecified atom stereocenters. The van der Waals surface area contributed by atoms with Crippen LogP contribution < -0.4 is 0 Å². The smallest absolute Gasteiger partial charge is 0.167 e. The summed E-state index contributed by atoms with van der Waals surface area (Å²) in [7, 11) is 0. The second-order valence-corrected chi connectivity index (χ2v) is 17.1. The van der Waals surface area contributed by atoms with Crippen molar-refractivity contribution in [3.05, 3.63) is 243 Å². The first-order valence-electron chi connectivity index (χ1n) is 22.9. The Kier molecular flexibility index (Phi) is 9.43. The summed E-state index contributed by atoms with van der Waals surface area (Å²) in [4.78, 5) is 16.0. The lowest BCUT2D eigenvalue weighted by molar-refractivity contribution is 0.669. The zero-order valence-corrected chi connectivity index (χ0v) is 36.8. The Hall–Kier alpha value is -9.19. The highest BCUT2D eigenvalue weighted by molar-refractivity contribution is 6.12. The van der Waals surface area contributed by atoms with Crippen molar-refractivity contribution in [3.63, 3.8) is 0 Å². The summed E-state index contributed by atoms with van der Waals surface area (Å²) in [6.45, 7) is 0. The number of fused-ring (bicyclic) bond motifs is 6. The molecule has 5 heteroatoms. The first-order chi connectivity index (χ1) is 33.7. The fourth-order valence-corrected chi connectivity index (χ4v) is 9.82. The van der Waals surface area contributed by atoms with E-state index in [-0.39, 0.29) is 0 Å².